The van der Waals surface area contributed by atoms with Crippen LogP contribution in [-0.2, 0) is 10.8 Å². The normalized spacial score (nSPS) is 12.8. The molecular formula is C8H9F2NOS. The van der Waals surface area contributed by atoms with Crippen molar-refractivity contribution in [1.82, 2.24) is 0 Å². The number of hydrogen-bond acceptors (Lipinski definition) is 2. The maximum Gasteiger partial charge on any atom is 0.125 e. The second-order valence-electron chi connectivity index (χ2n) is 2.42. The molecule has 0 radical (unpaired) electrons. The summed E-state index contributed by atoms with van der Waals surface area (Å²) in [6.07, 6.45) is 0. The lowest BCUT2D eigenvalue weighted by atomic mass is 10.3. The molecule has 0 bridgehead atoms. The second-order valence-corrected chi connectivity index (χ2v) is 3.96. The largest absolute Gasteiger partial charge is 0.398 e. The minimum absolute atomic E-state index is 0.101. The van der Waals surface area contributed by atoms with Crippen LogP contribution in [0.2, 0.25) is 0 Å². The zero-order valence-electron chi connectivity index (χ0n) is 6.80. The number of halogens is 2. The smallest absolute Gasteiger partial charge is 0.125 e. The van der Waals surface area contributed by atoms with E-state index in [-0.39, 0.29) is 11.4 Å². The van der Waals surface area contributed by atoms with Crippen LogP contribution in [0.1, 0.15) is 0 Å². The average molecular weight is 205 g/mol. The topological polar surface area (TPSA) is 43.1 Å². The van der Waals surface area contributed by atoms with Crippen LogP contribution in [0.15, 0.2) is 23.1 Å². The van der Waals surface area contributed by atoms with E-state index in [4.69, 9.17) is 5.73 Å². The van der Waals surface area contributed by atoms with E-state index in [1.807, 2.05) is 0 Å². The molecule has 0 aliphatic carbocycles. The van der Waals surface area contributed by atoms with Gasteiger partial charge in [-0.2, -0.15) is 0 Å². The van der Waals surface area contributed by atoms with Gasteiger partial charge in [-0.25, -0.2) is 4.39 Å². The molecule has 0 spiro atoms. The summed E-state index contributed by atoms with van der Waals surface area (Å²) in [7, 11) is -1.47. The number of hydrogen-bond donors (Lipinski definition) is 1. The molecule has 0 fully saturated rings. The Balaban J connectivity index is 2.95. The highest BCUT2D eigenvalue weighted by Gasteiger charge is 2.07. The summed E-state index contributed by atoms with van der Waals surface area (Å²) in [5, 5.41) is 0. The Hall–Kier alpha value is -0.970. The summed E-state index contributed by atoms with van der Waals surface area (Å²) in [5.74, 6) is -0.589. The molecule has 0 saturated heterocycles. The van der Waals surface area contributed by atoms with Crippen molar-refractivity contribution in [3.8, 4) is 0 Å². The Morgan fingerprint density at radius 1 is 1.46 bits per heavy atom. The quantitative estimate of drug-likeness (QED) is 0.759. The number of rotatable bonds is 3. The van der Waals surface area contributed by atoms with Crippen LogP contribution in [0.25, 0.3) is 0 Å². The summed E-state index contributed by atoms with van der Waals surface area (Å²) in [6.45, 7) is -0.677. The molecule has 1 aromatic carbocycles. The van der Waals surface area contributed by atoms with Crippen molar-refractivity contribution >= 4 is 16.5 Å². The molecule has 2 nitrogen and oxygen atoms in total. The van der Waals surface area contributed by atoms with Gasteiger partial charge in [-0.3, -0.25) is 8.60 Å². The molecule has 0 amide bonds. The van der Waals surface area contributed by atoms with E-state index in [0.717, 1.165) is 12.1 Å². The summed E-state index contributed by atoms with van der Waals surface area (Å²) >= 11 is 0. The Labute approximate surface area is 77.2 Å². The number of anilines is 1. The number of nitrogens with two attached hydrogens (primary N) is 1. The van der Waals surface area contributed by atoms with Crippen molar-refractivity contribution in [3.63, 3.8) is 0 Å². The predicted octanol–water partition coefficient (Wildman–Crippen LogP) is 1.49. The summed E-state index contributed by atoms with van der Waals surface area (Å²) < 4.78 is 35.6. The zero-order valence-corrected chi connectivity index (χ0v) is 7.61. The Kier molecular flexibility index (Phi) is 3.36. The molecular weight excluding hydrogens is 196 g/mol. The van der Waals surface area contributed by atoms with E-state index in [1.165, 1.54) is 6.07 Å². The molecule has 2 N–H and O–H groups in total. The van der Waals surface area contributed by atoms with E-state index in [1.54, 1.807) is 0 Å². The van der Waals surface area contributed by atoms with E-state index >= 15 is 0 Å². The highest BCUT2D eigenvalue weighted by Crippen LogP contribution is 2.17. The van der Waals surface area contributed by atoms with Crippen molar-refractivity contribution in [3.05, 3.63) is 24.0 Å². The Morgan fingerprint density at radius 3 is 2.69 bits per heavy atom. The lowest BCUT2D eigenvalue weighted by molar-refractivity contribution is 0.528. The molecule has 13 heavy (non-hydrogen) atoms. The third-order valence-corrected chi connectivity index (χ3v) is 2.87. The van der Waals surface area contributed by atoms with Crippen LogP contribution in [0.3, 0.4) is 0 Å². The van der Waals surface area contributed by atoms with Crippen molar-refractivity contribution in [2.75, 3.05) is 18.2 Å². The van der Waals surface area contributed by atoms with E-state index in [2.05, 4.69) is 0 Å². The summed E-state index contributed by atoms with van der Waals surface area (Å²) in [4.78, 5) is 0.291. The van der Waals surface area contributed by atoms with Crippen molar-refractivity contribution in [1.29, 1.82) is 0 Å². The maximum atomic E-state index is 12.5. The molecule has 0 aromatic heterocycles. The zero-order chi connectivity index (χ0) is 9.84. The predicted molar refractivity (Wildman–Crippen MR) is 48.1 cm³/mol. The fourth-order valence-electron chi connectivity index (χ4n) is 0.907. The lowest BCUT2D eigenvalue weighted by Gasteiger charge is -2.03. The van der Waals surface area contributed by atoms with Gasteiger partial charge in [0.25, 0.3) is 0 Å². The average Bonchev–Trinajstić information content (AvgIpc) is 2.04. The van der Waals surface area contributed by atoms with Crippen molar-refractivity contribution in [2.45, 2.75) is 4.90 Å². The number of nitrogen functional groups attached to an aromatic ring is 1. The monoisotopic (exact) mass is 205 g/mol. The Morgan fingerprint density at radius 2 is 2.15 bits per heavy atom. The lowest BCUT2D eigenvalue weighted by Crippen LogP contribution is -2.03. The van der Waals surface area contributed by atoms with Gasteiger partial charge < -0.3 is 5.73 Å². The second kappa shape index (κ2) is 4.32. The van der Waals surface area contributed by atoms with Gasteiger partial charge in [-0.1, -0.05) is 0 Å². The third kappa shape index (κ3) is 2.48. The van der Waals surface area contributed by atoms with Crippen molar-refractivity contribution in [2.24, 2.45) is 0 Å². The fourth-order valence-corrected chi connectivity index (χ4v) is 1.81. The SMILES string of the molecule is Nc1cc(F)ccc1S(=O)CCF. The standard InChI is InChI=1S/C8H9F2NOS/c9-3-4-13(12)8-2-1-6(10)5-7(8)11/h1-2,5H,3-4,11H2. The fraction of sp³-hybridized carbons (Fsp3) is 0.250. The van der Waals surface area contributed by atoms with Gasteiger partial charge in [-0.15, -0.1) is 0 Å². The molecule has 1 rings (SSSR count). The molecule has 5 heteroatoms. The molecule has 0 aliphatic heterocycles. The number of alkyl halides is 1. The highest BCUT2D eigenvalue weighted by molar-refractivity contribution is 7.85. The van der Waals surface area contributed by atoms with Crippen molar-refractivity contribution < 1.29 is 13.0 Å². The van der Waals surface area contributed by atoms with Gasteiger partial charge in [-0.05, 0) is 18.2 Å². The molecule has 0 heterocycles. The first-order chi connectivity index (χ1) is 6.15. The van der Waals surface area contributed by atoms with Gasteiger partial charge in [0.2, 0.25) is 0 Å². The first-order valence-electron chi connectivity index (χ1n) is 3.64. The minimum atomic E-state index is -1.47. The van der Waals surface area contributed by atoms with Crippen LogP contribution in [0, 0.1) is 5.82 Å². The third-order valence-electron chi connectivity index (χ3n) is 1.48. The van der Waals surface area contributed by atoms with Gasteiger partial charge in [0.05, 0.1) is 27.1 Å². The van der Waals surface area contributed by atoms with E-state index in [0.29, 0.717) is 4.90 Å². The van der Waals surface area contributed by atoms with Crippen LogP contribution < -0.4 is 5.73 Å². The Bertz CT molecular complexity index is 330. The minimum Gasteiger partial charge on any atom is -0.398 e. The van der Waals surface area contributed by atoms with Gasteiger partial charge in [0.1, 0.15) is 12.5 Å². The van der Waals surface area contributed by atoms with Gasteiger partial charge >= 0.3 is 0 Å². The summed E-state index contributed by atoms with van der Waals surface area (Å²) in [6, 6.07) is 3.55. The molecule has 0 saturated carbocycles. The molecule has 0 aliphatic rings. The molecule has 72 valence electrons. The molecule has 1 atom stereocenters. The highest BCUT2D eigenvalue weighted by atomic mass is 32.2. The van der Waals surface area contributed by atoms with E-state index in [9.17, 15) is 13.0 Å². The van der Waals surface area contributed by atoms with Gasteiger partial charge in [0.15, 0.2) is 0 Å². The van der Waals surface area contributed by atoms with E-state index < -0.39 is 23.3 Å². The van der Waals surface area contributed by atoms with Gasteiger partial charge in [0, 0.05) is 0 Å². The van der Waals surface area contributed by atoms with Crippen LogP contribution in [0.5, 0.6) is 0 Å². The van der Waals surface area contributed by atoms with Crippen LogP contribution in [0.4, 0.5) is 14.5 Å². The first kappa shape index (κ1) is 10.1. The van der Waals surface area contributed by atoms with Crippen LogP contribution in [-0.4, -0.2) is 16.6 Å². The molecule has 1 unspecified atom stereocenters. The summed E-state index contributed by atoms with van der Waals surface area (Å²) in [5.41, 5.74) is 5.50. The first-order valence-corrected chi connectivity index (χ1v) is 4.96. The maximum absolute atomic E-state index is 12.5. The van der Waals surface area contributed by atoms with Crippen LogP contribution >= 0.6 is 0 Å². The number of benzene rings is 1. The molecule has 1 aromatic rings.